The summed E-state index contributed by atoms with van der Waals surface area (Å²) in [6.45, 7) is 3.98. The van der Waals surface area contributed by atoms with E-state index in [-0.39, 0.29) is 18.1 Å². The van der Waals surface area contributed by atoms with Gasteiger partial charge in [0.25, 0.3) is 0 Å². The van der Waals surface area contributed by atoms with Crippen molar-refractivity contribution in [2.24, 2.45) is 0 Å². The number of aromatic nitrogens is 1. The summed E-state index contributed by atoms with van der Waals surface area (Å²) in [5.41, 5.74) is 1.57. The van der Waals surface area contributed by atoms with Crippen LogP contribution in [0.1, 0.15) is 5.56 Å². The molecule has 0 atom stereocenters. The number of hydrogen-bond acceptors (Lipinski definition) is 1. The summed E-state index contributed by atoms with van der Waals surface area (Å²) in [5.74, 6) is -0.364. The van der Waals surface area contributed by atoms with Crippen LogP contribution in [0.15, 0.2) is 37.1 Å². The number of nitrogens with one attached hydrogen (secondary N) is 2. The van der Waals surface area contributed by atoms with E-state index in [9.17, 15) is 9.18 Å². The summed E-state index contributed by atoms with van der Waals surface area (Å²) in [6.07, 6.45) is 3.64. The third-order valence-corrected chi connectivity index (χ3v) is 2.52. The molecule has 1 heterocycles. The molecule has 0 saturated heterocycles. The summed E-state index contributed by atoms with van der Waals surface area (Å²) in [5, 5.41) is 3.58. The minimum absolute atomic E-state index is 0.0740. The molecule has 0 unspecified atom stereocenters. The molecule has 1 aromatic heterocycles. The van der Waals surface area contributed by atoms with Gasteiger partial charge in [0.1, 0.15) is 5.82 Å². The van der Waals surface area contributed by atoms with Gasteiger partial charge in [-0.1, -0.05) is 6.08 Å². The fourth-order valence-electron chi connectivity index (χ4n) is 1.73. The molecular weight excluding hydrogens is 219 g/mol. The molecule has 3 nitrogen and oxygen atoms in total. The molecule has 0 aliphatic heterocycles. The van der Waals surface area contributed by atoms with Gasteiger partial charge < -0.3 is 10.3 Å². The first-order valence-electron chi connectivity index (χ1n) is 5.34. The summed E-state index contributed by atoms with van der Waals surface area (Å²) in [6, 6.07) is 4.49. The van der Waals surface area contributed by atoms with Crippen molar-refractivity contribution in [2.75, 3.05) is 6.54 Å². The van der Waals surface area contributed by atoms with Gasteiger partial charge in [-0.15, -0.1) is 6.58 Å². The topological polar surface area (TPSA) is 44.9 Å². The van der Waals surface area contributed by atoms with Crippen molar-refractivity contribution >= 4 is 16.8 Å². The first kappa shape index (κ1) is 11.4. The third kappa shape index (κ3) is 2.53. The maximum absolute atomic E-state index is 13.0. The number of rotatable bonds is 4. The molecule has 0 saturated carbocycles. The smallest absolute Gasteiger partial charge is 0.224 e. The number of halogens is 1. The van der Waals surface area contributed by atoms with E-state index in [0.717, 1.165) is 10.9 Å². The maximum Gasteiger partial charge on any atom is 0.224 e. The lowest BCUT2D eigenvalue weighted by Gasteiger charge is -2.01. The maximum atomic E-state index is 13.0. The van der Waals surface area contributed by atoms with Crippen LogP contribution in [0, 0.1) is 5.82 Å². The molecule has 2 rings (SSSR count). The predicted octanol–water partition coefficient (Wildman–Crippen LogP) is 2.15. The summed E-state index contributed by atoms with van der Waals surface area (Å²) in [4.78, 5) is 14.5. The zero-order valence-corrected chi connectivity index (χ0v) is 9.29. The minimum Gasteiger partial charge on any atom is -0.361 e. The largest absolute Gasteiger partial charge is 0.361 e. The first-order valence-corrected chi connectivity index (χ1v) is 5.34. The quantitative estimate of drug-likeness (QED) is 0.779. The predicted molar refractivity (Wildman–Crippen MR) is 65.2 cm³/mol. The van der Waals surface area contributed by atoms with Crippen molar-refractivity contribution in [2.45, 2.75) is 6.42 Å². The molecule has 2 aromatic rings. The Kier molecular flexibility index (Phi) is 3.23. The van der Waals surface area contributed by atoms with E-state index in [4.69, 9.17) is 0 Å². The number of hydrogen-bond donors (Lipinski definition) is 2. The molecule has 1 aromatic carbocycles. The summed E-state index contributed by atoms with van der Waals surface area (Å²) in [7, 11) is 0. The van der Waals surface area contributed by atoms with Crippen LogP contribution in [-0.2, 0) is 11.2 Å². The fraction of sp³-hybridized carbons (Fsp3) is 0.154. The van der Waals surface area contributed by atoms with Gasteiger partial charge in [-0.25, -0.2) is 4.39 Å². The van der Waals surface area contributed by atoms with E-state index in [2.05, 4.69) is 16.9 Å². The Labute approximate surface area is 98.3 Å². The Hall–Kier alpha value is -2.10. The lowest BCUT2D eigenvalue weighted by Crippen LogP contribution is -2.24. The number of H-pyrrole nitrogens is 1. The Morgan fingerprint density at radius 1 is 1.53 bits per heavy atom. The SMILES string of the molecule is C=CCNC(=O)Cc1c[nH]c2cc(F)ccc12. The molecule has 0 radical (unpaired) electrons. The standard InChI is InChI=1S/C13H13FN2O/c1-2-5-15-13(17)6-9-8-16-12-7-10(14)3-4-11(9)12/h2-4,7-8,16H,1,5-6H2,(H,15,17). The average molecular weight is 232 g/mol. The highest BCUT2D eigenvalue weighted by atomic mass is 19.1. The average Bonchev–Trinajstić information content (AvgIpc) is 2.69. The monoisotopic (exact) mass is 232 g/mol. The highest BCUT2D eigenvalue weighted by Crippen LogP contribution is 2.19. The molecule has 4 heteroatoms. The van der Waals surface area contributed by atoms with E-state index < -0.39 is 0 Å². The molecule has 0 fully saturated rings. The van der Waals surface area contributed by atoms with Crippen LogP contribution in [0.4, 0.5) is 4.39 Å². The van der Waals surface area contributed by atoms with Gasteiger partial charge in [0, 0.05) is 23.6 Å². The van der Waals surface area contributed by atoms with Gasteiger partial charge in [0.15, 0.2) is 0 Å². The second-order valence-corrected chi connectivity index (χ2v) is 3.77. The number of aromatic amines is 1. The molecular formula is C13H13FN2O. The molecule has 0 bridgehead atoms. The highest BCUT2D eigenvalue weighted by molar-refractivity contribution is 5.88. The number of carbonyl (C=O) groups excluding carboxylic acids is 1. The molecule has 1 amide bonds. The second-order valence-electron chi connectivity index (χ2n) is 3.77. The normalized spacial score (nSPS) is 10.4. The van der Waals surface area contributed by atoms with E-state index in [0.29, 0.717) is 12.1 Å². The molecule has 0 spiro atoms. The highest BCUT2D eigenvalue weighted by Gasteiger charge is 2.08. The third-order valence-electron chi connectivity index (χ3n) is 2.52. The van der Waals surface area contributed by atoms with E-state index >= 15 is 0 Å². The van der Waals surface area contributed by atoms with Crippen LogP contribution in [0.3, 0.4) is 0 Å². The lowest BCUT2D eigenvalue weighted by atomic mass is 10.1. The Bertz CT molecular complexity index is 560. The summed E-state index contributed by atoms with van der Waals surface area (Å²) >= 11 is 0. The second kappa shape index (κ2) is 4.82. The van der Waals surface area contributed by atoms with Crippen molar-refractivity contribution in [3.8, 4) is 0 Å². The Balaban J connectivity index is 2.19. The number of fused-ring (bicyclic) bond motifs is 1. The fourth-order valence-corrected chi connectivity index (χ4v) is 1.73. The summed E-state index contributed by atoms with van der Waals surface area (Å²) < 4.78 is 13.0. The van der Waals surface area contributed by atoms with Gasteiger partial charge in [0.2, 0.25) is 5.91 Å². The molecule has 2 N–H and O–H groups in total. The molecule has 17 heavy (non-hydrogen) atoms. The zero-order chi connectivity index (χ0) is 12.3. The number of amides is 1. The Morgan fingerprint density at radius 2 is 2.35 bits per heavy atom. The molecule has 0 aliphatic rings. The van der Waals surface area contributed by atoms with Crippen LogP contribution in [0.25, 0.3) is 10.9 Å². The van der Waals surface area contributed by atoms with E-state index in [1.54, 1.807) is 18.3 Å². The first-order chi connectivity index (χ1) is 8.20. The van der Waals surface area contributed by atoms with Gasteiger partial charge in [0.05, 0.1) is 6.42 Å². The van der Waals surface area contributed by atoms with Gasteiger partial charge >= 0.3 is 0 Å². The van der Waals surface area contributed by atoms with Crippen molar-refractivity contribution in [3.05, 3.63) is 48.4 Å². The Morgan fingerprint density at radius 3 is 3.12 bits per heavy atom. The minimum atomic E-state index is -0.290. The van der Waals surface area contributed by atoms with Crippen molar-refractivity contribution in [1.82, 2.24) is 10.3 Å². The van der Waals surface area contributed by atoms with E-state index in [1.165, 1.54) is 12.1 Å². The van der Waals surface area contributed by atoms with Crippen LogP contribution < -0.4 is 5.32 Å². The number of benzene rings is 1. The van der Waals surface area contributed by atoms with E-state index in [1.807, 2.05) is 0 Å². The van der Waals surface area contributed by atoms with Crippen LogP contribution in [-0.4, -0.2) is 17.4 Å². The molecule has 0 aliphatic carbocycles. The van der Waals surface area contributed by atoms with Crippen molar-refractivity contribution in [3.63, 3.8) is 0 Å². The zero-order valence-electron chi connectivity index (χ0n) is 9.29. The lowest BCUT2D eigenvalue weighted by molar-refractivity contribution is -0.120. The van der Waals surface area contributed by atoms with Gasteiger partial charge in [-0.3, -0.25) is 4.79 Å². The molecule has 88 valence electrons. The van der Waals surface area contributed by atoms with Crippen LogP contribution in [0.5, 0.6) is 0 Å². The van der Waals surface area contributed by atoms with Crippen molar-refractivity contribution < 1.29 is 9.18 Å². The van der Waals surface area contributed by atoms with Gasteiger partial charge in [-0.05, 0) is 23.8 Å². The van der Waals surface area contributed by atoms with Crippen LogP contribution >= 0.6 is 0 Å². The van der Waals surface area contributed by atoms with Gasteiger partial charge in [-0.2, -0.15) is 0 Å². The van der Waals surface area contributed by atoms with Crippen LogP contribution in [0.2, 0.25) is 0 Å². The van der Waals surface area contributed by atoms with Crippen molar-refractivity contribution in [1.29, 1.82) is 0 Å². The number of carbonyl (C=O) groups is 1.